The van der Waals surface area contributed by atoms with Gasteiger partial charge in [-0.15, -0.1) is 0 Å². The smallest absolute Gasteiger partial charge is 0.200 e. The van der Waals surface area contributed by atoms with Crippen LogP contribution in [0.3, 0.4) is 0 Å². The molecule has 0 saturated heterocycles. The van der Waals surface area contributed by atoms with Crippen LogP contribution in [0.5, 0.6) is 80.5 Å². The zero-order valence-electron chi connectivity index (χ0n) is 69.2. The molecule has 116 heavy (non-hydrogen) atoms. The second-order valence-corrected chi connectivity index (χ2v) is 31.6. The third kappa shape index (κ3) is 22.1. The molecule has 0 aliphatic rings. The minimum atomic E-state index is -0.464. The molecule has 14 N–H and O–H groups in total. The minimum Gasteiger partial charge on any atom is -0.508 e. The minimum absolute atomic E-state index is 0.129. The third-order valence-electron chi connectivity index (χ3n) is 22.1. The van der Waals surface area contributed by atoms with Crippen LogP contribution in [0.15, 0.2) is 261 Å². The van der Waals surface area contributed by atoms with Crippen LogP contribution in [0.2, 0.25) is 0 Å². The van der Waals surface area contributed by atoms with E-state index in [1.807, 2.05) is 213 Å². The Morgan fingerprint density at radius 2 is 0.595 bits per heavy atom. The molecule has 14 nitrogen and oxygen atoms in total. The summed E-state index contributed by atoms with van der Waals surface area (Å²) in [6.45, 7) is 32.7. The first kappa shape index (κ1) is 88.6. The number of aryl methyl sites for hydroxylation is 4. The van der Waals surface area contributed by atoms with Gasteiger partial charge in [-0.05, 0) is 270 Å². The number of hydrogen-bond acceptors (Lipinski definition) is 14. The van der Waals surface area contributed by atoms with Crippen LogP contribution in [0.4, 0.5) is 0 Å². The van der Waals surface area contributed by atoms with Crippen LogP contribution < -0.4 is 0 Å². The molecular weight excluding hydrogens is 1450 g/mol. The van der Waals surface area contributed by atoms with E-state index < -0.39 is 5.75 Å². The van der Waals surface area contributed by atoms with Crippen molar-refractivity contribution in [3.05, 3.63) is 378 Å². The van der Waals surface area contributed by atoms with Crippen LogP contribution in [0, 0.1) is 61.3 Å². The summed E-state index contributed by atoms with van der Waals surface area (Å²) in [5.41, 5.74) is 20.3. The van der Waals surface area contributed by atoms with Gasteiger partial charge >= 0.3 is 0 Å². The van der Waals surface area contributed by atoms with Crippen molar-refractivity contribution in [3.8, 4) is 80.5 Å². The summed E-state index contributed by atoms with van der Waals surface area (Å²) in [6, 6.07) is 79.0. The molecule has 13 aromatic carbocycles. The Bertz CT molecular complexity index is 5140. The van der Waals surface area contributed by atoms with Crippen molar-refractivity contribution in [2.45, 2.75) is 152 Å². The molecule has 14 heteroatoms. The van der Waals surface area contributed by atoms with Gasteiger partial charge in [0.05, 0.1) is 0 Å². The second-order valence-electron chi connectivity index (χ2n) is 31.6. The van der Waals surface area contributed by atoms with Crippen molar-refractivity contribution < 1.29 is 71.5 Å². The van der Waals surface area contributed by atoms with Crippen LogP contribution in [0.25, 0.3) is 0 Å². The summed E-state index contributed by atoms with van der Waals surface area (Å²) in [7, 11) is 0. The Hall–Kier alpha value is -12.9. The summed E-state index contributed by atoms with van der Waals surface area (Å²) in [6.07, 6.45) is 1.52. The van der Waals surface area contributed by atoms with E-state index in [-0.39, 0.29) is 79.8 Å². The summed E-state index contributed by atoms with van der Waals surface area (Å²) >= 11 is 0. The largest absolute Gasteiger partial charge is 0.508 e. The van der Waals surface area contributed by atoms with Gasteiger partial charge in [0.25, 0.3) is 0 Å². The molecule has 0 aliphatic heterocycles. The van der Waals surface area contributed by atoms with E-state index >= 15 is 0 Å². The first-order valence-electron chi connectivity index (χ1n) is 38.7. The molecule has 0 amide bonds. The van der Waals surface area contributed by atoms with Crippen LogP contribution in [0.1, 0.15) is 190 Å². The van der Waals surface area contributed by atoms with Crippen molar-refractivity contribution in [2.75, 3.05) is 0 Å². The molecule has 0 atom stereocenters. The Morgan fingerprint density at radius 1 is 0.267 bits per heavy atom. The number of aromatic hydroxyl groups is 14. The van der Waals surface area contributed by atoms with Gasteiger partial charge in [0.1, 0.15) is 63.2 Å². The normalized spacial score (nSPS) is 11.2. The number of hydrogen-bond donors (Lipinski definition) is 14. The SMILES string of the molecule is CC(C)(c1ccc(O)cc1)c1ccc(O)cc1.CC(C)CC(C)(c1ccc(O)cc1)c1ccc(O)cc1.CC(c1ccc(O)cc1)c1ccc(O)cc1.Cc1cc(C(C)(C)c2ccc(O)c(C)c2)ccc1O.Cc1cc(C(c2ccccc2O)c2cc(C)c(O)c(C)c2C)c(C)c(C)c1O.Oc1ccc(Cc2ccccc2)c(O)c1O. The first-order valence-corrected chi connectivity index (χ1v) is 38.7. The maximum atomic E-state index is 10.7. The van der Waals surface area contributed by atoms with E-state index in [9.17, 15) is 71.5 Å². The molecule has 13 rings (SSSR count). The van der Waals surface area contributed by atoms with Crippen molar-refractivity contribution in [1.29, 1.82) is 0 Å². The number of benzene rings is 13. The van der Waals surface area contributed by atoms with Gasteiger partial charge in [-0.3, -0.25) is 0 Å². The van der Waals surface area contributed by atoms with Crippen LogP contribution in [-0.4, -0.2) is 71.5 Å². The van der Waals surface area contributed by atoms with Crippen molar-refractivity contribution in [3.63, 3.8) is 0 Å². The van der Waals surface area contributed by atoms with Gasteiger partial charge in [0, 0.05) is 45.6 Å². The van der Waals surface area contributed by atoms with Crippen molar-refractivity contribution in [2.24, 2.45) is 5.92 Å². The molecule has 0 aromatic heterocycles. The Labute approximate surface area is 683 Å². The highest BCUT2D eigenvalue weighted by Gasteiger charge is 2.32. The molecule has 0 fully saturated rings. The first-order chi connectivity index (χ1) is 54.7. The maximum Gasteiger partial charge on any atom is 0.200 e. The van der Waals surface area contributed by atoms with E-state index in [1.165, 1.54) is 17.2 Å². The molecule has 0 saturated carbocycles. The fraction of sp³-hybridized carbons (Fsp3) is 0.235. The van der Waals surface area contributed by atoms with Gasteiger partial charge in [-0.1, -0.05) is 219 Å². The summed E-state index contributed by atoms with van der Waals surface area (Å²) in [5, 5.41) is 135. The van der Waals surface area contributed by atoms with Gasteiger partial charge in [-0.2, -0.15) is 0 Å². The standard InChI is InChI=1S/C25H28O3.C18H22O2.C17H20O2.C15H16O2.C14H14O2.C13H12O3/c1-13-11-20(15(3)17(5)24(13)27)23(19-9-7-8-10-22(19)26)21-12-14(2)25(28)18(6)16(21)4;1-13(2)12-18(3,14-4-8-16(19)9-5-14)15-6-10-17(20)11-7-15;1-11-9-13(5-7-15(11)18)17(3,4)14-6-8-16(19)12(2)10-14;1-15(2,11-3-7-13(16)8-4-11)12-5-9-14(17)10-6-12;1-10(11-2-6-13(15)7-3-11)12-4-8-14(16)9-5-12;14-11-7-6-10(12(15)13(11)16)8-9-4-2-1-3-5-9/h7-12,23,26-28H,1-6H3;4-11,13,19-20H,12H2,1-3H3;5-10,18-19H,1-4H3;3-10,16-17H,1-2H3;2-10,15-16H,1H3;1-7,14-16H,8H2. The van der Waals surface area contributed by atoms with E-state index in [4.69, 9.17) is 0 Å². The average molecular weight is 1560 g/mol. The Balaban J connectivity index is 0.000000176. The van der Waals surface area contributed by atoms with Crippen molar-refractivity contribution in [1.82, 2.24) is 0 Å². The third-order valence-corrected chi connectivity index (χ3v) is 22.1. The lowest BCUT2D eigenvalue weighted by Gasteiger charge is -2.33. The highest BCUT2D eigenvalue weighted by molar-refractivity contribution is 5.61. The predicted molar refractivity (Wildman–Crippen MR) is 466 cm³/mol. The average Bonchev–Trinajstić information content (AvgIpc) is 0.758. The summed E-state index contributed by atoms with van der Waals surface area (Å²) < 4.78 is 0. The topological polar surface area (TPSA) is 283 Å². The highest BCUT2D eigenvalue weighted by Crippen LogP contribution is 2.46. The Kier molecular flexibility index (Phi) is 29.6. The molecule has 0 spiro atoms. The van der Waals surface area contributed by atoms with E-state index in [1.54, 1.807) is 97.1 Å². The lowest BCUT2D eigenvalue weighted by molar-refractivity contribution is 0.365. The van der Waals surface area contributed by atoms with Gasteiger partial charge in [-0.25, -0.2) is 0 Å². The molecule has 0 unspecified atom stereocenters. The molecule has 0 aliphatic carbocycles. The van der Waals surface area contributed by atoms with Crippen LogP contribution >= 0.6 is 0 Å². The Morgan fingerprint density at radius 3 is 0.957 bits per heavy atom. The van der Waals surface area contributed by atoms with Gasteiger partial charge in [0.15, 0.2) is 11.5 Å². The van der Waals surface area contributed by atoms with Crippen molar-refractivity contribution >= 4 is 0 Å². The van der Waals surface area contributed by atoms with E-state index in [0.717, 1.165) is 107 Å². The van der Waals surface area contributed by atoms with Crippen LogP contribution in [-0.2, 0) is 22.7 Å². The number of rotatable bonds is 15. The van der Waals surface area contributed by atoms with Gasteiger partial charge in [0.2, 0.25) is 5.75 Å². The zero-order chi connectivity index (χ0) is 85.3. The molecular formula is C102H112O14. The predicted octanol–water partition coefficient (Wildman–Crippen LogP) is 23.4. The monoisotopic (exact) mass is 1560 g/mol. The molecule has 0 heterocycles. The zero-order valence-corrected chi connectivity index (χ0v) is 69.2. The summed E-state index contributed by atoms with van der Waals surface area (Å²) in [4.78, 5) is 0. The quantitative estimate of drug-likeness (QED) is 0.0336. The van der Waals surface area contributed by atoms with Gasteiger partial charge < -0.3 is 71.5 Å². The lowest BCUT2D eigenvalue weighted by atomic mass is 9.71. The van der Waals surface area contributed by atoms with E-state index in [2.05, 4.69) is 55.4 Å². The molecule has 13 aromatic rings. The highest BCUT2D eigenvalue weighted by atomic mass is 16.3. The number of phenols is 14. The fourth-order valence-corrected chi connectivity index (χ4v) is 14.4. The lowest BCUT2D eigenvalue weighted by Crippen LogP contribution is -2.25. The number of para-hydroxylation sites is 1. The maximum absolute atomic E-state index is 10.7. The fourth-order valence-electron chi connectivity index (χ4n) is 14.4. The van der Waals surface area contributed by atoms with E-state index in [0.29, 0.717) is 40.9 Å². The number of phenolic OH excluding ortho intramolecular Hbond substituents is 14. The molecule has 0 bridgehead atoms. The molecule has 604 valence electrons. The summed E-state index contributed by atoms with van der Waals surface area (Å²) in [5.74, 6) is 2.72. The molecule has 0 radical (unpaired) electrons. The second kappa shape index (κ2) is 38.7.